The van der Waals surface area contributed by atoms with Crippen LogP contribution in [0.5, 0.6) is 5.75 Å². The molecule has 0 unspecified atom stereocenters. The summed E-state index contributed by atoms with van der Waals surface area (Å²) in [6.45, 7) is -0.175. The fourth-order valence-electron chi connectivity index (χ4n) is 3.34. The molecule has 0 aromatic heterocycles. The van der Waals surface area contributed by atoms with Gasteiger partial charge in [0.1, 0.15) is 10.1 Å². The molecule has 160 valence electrons. The SMILES string of the molecule is C#CCOC(=O)c1ccccc1-c1c2cc(Br)c(=O)c(Br)c-2oc2c(Br)c([O-])c(Br)cc12.[Na+]. The van der Waals surface area contributed by atoms with E-state index in [-0.39, 0.29) is 73.2 Å². The molecule has 2 aliphatic rings. The minimum Gasteiger partial charge on any atom is -0.871 e. The van der Waals surface area contributed by atoms with E-state index in [1.54, 1.807) is 36.4 Å². The van der Waals surface area contributed by atoms with Crippen molar-refractivity contribution < 1.29 is 48.6 Å². The zero-order valence-electron chi connectivity index (χ0n) is 16.8. The number of terminal acetylenes is 1. The summed E-state index contributed by atoms with van der Waals surface area (Å²) in [7, 11) is 0. The van der Waals surface area contributed by atoms with Gasteiger partial charge in [0.2, 0.25) is 5.43 Å². The van der Waals surface area contributed by atoms with Crippen LogP contribution in [0.1, 0.15) is 10.4 Å². The Hall–Kier alpha value is -1.12. The minimum absolute atomic E-state index is 0. The first-order valence-corrected chi connectivity index (χ1v) is 12.1. The maximum absolute atomic E-state index is 12.8. The van der Waals surface area contributed by atoms with Gasteiger partial charge < -0.3 is 14.3 Å². The molecule has 0 saturated carbocycles. The molecule has 1 aliphatic heterocycles. The van der Waals surface area contributed by atoms with E-state index in [0.717, 1.165) is 0 Å². The summed E-state index contributed by atoms with van der Waals surface area (Å²) in [4.78, 5) is 25.3. The smallest absolute Gasteiger partial charge is 0.871 e. The van der Waals surface area contributed by atoms with E-state index >= 15 is 0 Å². The van der Waals surface area contributed by atoms with E-state index in [0.29, 0.717) is 31.0 Å². The van der Waals surface area contributed by atoms with E-state index in [4.69, 9.17) is 15.6 Å². The standard InChI is InChI=1S/C23H10Br4O5.Na/c1-2-7-31-23(30)11-6-4-3-5-10(11)16-12-8-14(24)19(28)17(26)21(12)32-22-13(16)9-15(25)20(29)18(22)27;/h1,3-6,8-9,28H,7H2;/q;+1/p-1. The van der Waals surface area contributed by atoms with Gasteiger partial charge in [-0.2, -0.15) is 0 Å². The molecule has 0 amide bonds. The van der Waals surface area contributed by atoms with Crippen molar-refractivity contribution in [3.05, 3.63) is 70.1 Å². The van der Waals surface area contributed by atoms with Crippen LogP contribution in [0.15, 0.2) is 63.5 Å². The first-order valence-electron chi connectivity index (χ1n) is 8.89. The Morgan fingerprint density at radius 3 is 2.45 bits per heavy atom. The summed E-state index contributed by atoms with van der Waals surface area (Å²) >= 11 is 13.2. The average Bonchev–Trinajstić information content (AvgIpc) is 2.79. The summed E-state index contributed by atoms with van der Waals surface area (Å²) in [6, 6.07) is 10.1. The van der Waals surface area contributed by atoms with Crippen LogP contribution in [0, 0.1) is 12.3 Å². The number of hydrogen-bond acceptors (Lipinski definition) is 5. The first kappa shape index (κ1) is 26.5. The molecule has 0 N–H and O–H groups in total. The van der Waals surface area contributed by atoms with Crippen molar-refractivity contribution >= 4 is 80.7 Å². The minimum atomic E-state index is -0.599. The molecule has 1 heterocycles. The van der Waals surface area contributed by atoms with Crippen LogP contribution in [-0.4, -0.2) is 12.6 Å². The first-order chi connectivity index (χ1) is 15.3. The van der Waals surface area contributed by atoms with Gasteiger partial charge in [0.05, 0.1) is 14.5 Å². The summed E-state index contributed by atoms with van der Waals surface area (Å²) < 4.78 is 12.2. The fraction of sp³-hybridized carbons (Fsp3) is 0.0435. The zero-order valence-corrected chi connectivity index (χ0v) is 25.1. The molecule has 0 radical (unpaired) electrons. The second kappa shape index (κ2) is 10.6. The number of hydrogen-bond donors (Lipinski definition) is 0. The van der Waals surface area contributed by atoms with Gasteiger partial charge in [0, 0.05) is 21.0 Å². The molecule has 33 heavy (non-hydrogen) atoms. The number of carbonyl (C=O) groups excluding carboxylic acids is 1. The molecule has 1 aliphatic carbocycles. The normalized spacial score (nSPS) is 10.6. The molecule has 0 saturated heterocycles. The molecule has 0 spiro atoms. The molecule has 4 rings (SSSR count). The predicted molar refractivity (Wildman–Crippen MR) is 134 cm³/mol. The molecule has 0 fully saturated rings. The van der Waals surface area contributed by atoms with Crippen LogP contribution in [0.2, 0.25) is 0 Å². The van der Waals surface area contributed by atoms with Crippen molar-refractivity contribution in [2.45, 2.75) is 0 Å². The van der Waals surface area contributed by atoms with Crippen LogP contribution in [0.3, 0.4) is 0 Å². The third-order valence-corrected chi connectivity index (χ3v) is 7.33. The zero-order chi connectivity index (χ0) is 23.2. The summed E-state index contributed by atoms with van der Waals surface area (Å²) in [6.07, 6.45) is 5.23. The number of rotatable bonds is 3. The Balaban J connectivity index is 0.00000306. The molecular formula is C23H9Br4NaO5. The van der Waals surface area contributed by atoms with E-state index in [2.05, 4.69) is 69.6 Å². The summed E-state index contributed by atoms with van der Waals surface area (Å²) in [5.74, 6) is 1.59. The predicted octanol–water partition coefficient (Wildman–Crippen LogP) is 3.48. The van der Waals surface area contributed by atoms with Crippen molar-refractivity contribution in [3.8, 4) is 40.5 Å². The molecule has 0 bridgehead atoms. The van der Waals surface area contributed by atoms with E-state index in [9.17, 15) is 14.7 Å². The molecule has 5 nitrogen and oxygen atoms in total. The third-order valence-electron chi connectivity index (χ3n) is 4.71. The quantitative estimate of drug-likeness (QED) is 0.141. The number of ether oxygens (including phenoxy) is 1. The maximum atomic E-state index is 12.8. The van der Waals surface area contributed by atoms with Crippen molar-refractivity contribution in [1.82, 2.24) is 0 Å². The second-order valence-corrected chi connectivity index (χ2v) is 9.85. The average molecular weight is 708 g/mol. The van der Waals surface area contributed by atoms with Gasteiger partial charge in [-0.05, 0) is 71.6 Å². The van der Waals surface area contributed by atoms with Crippen LogP contribution in [0.4, 0.5) is 0 Å². The molecule has 10 heteroatoms. The Labute approximate surface area is 244 Å². The van der Waals surface area contributed by atoms with Gasteiger partial charge in [-0.3, -0.25) is 4.79 Å². The topological polar surface area (TPSA) is 79.6 Å². The van der Waals surface area contributed by atoms with E-state index in [1.165, 1.54) is 0 Å². The molecule has 0 atom stereocenters. The van der Waals surface area contributed by atoms with Gasteiger partial charge >= 0.3 is 35.5 Å². The van der Waals surface area contributed by atoms with Gasteiger partial charge in [-0.25, -0.2) is 4.79 Å². The summed E-state index contributed by atoms with van der Waals surface area (Å²) in [5.41, 5.74) is 1.84. The van der Waals surface area contributed by atoms with Crippen molar-refractivity contribution in [1.29, 1.82) is 0 Å². The number of halogens is 4. The molecular weight excluding hydrogens is 699 g/mol. The number of benzene rings is 3. The van der Waals surface area contributed by atoms with E-state index < -0.39 is 5.97 Å². The number of fused-ring (bicyclic) bond motifs is 2. The van der Waals surface area contributed by atoms with Gasteiger partial charge in [0.15, 0.2) is 12.4 Å². The van der Waals surface area contributed by atoms with Crippen LogP contribution < -0.4 is 40.1 Å². The van der Waals surface area contributed by atoms with Crippen LogP contribution >= 0.6 is 63.7 Å². The number of esters is 1. The third kappa shape index (κ3) is 4.72. The Morgan fingerprint density at radius 2 is 1.76 bits per heavy atom. The van der Waals surface area contributed by atoms with Crippen molar-refractivity contribution in [2.75, 3.05) is 6.61 Å². The van der Waals surface area contributed by atoms with Crippen molar-refractivity contribution in [3.63, 3.8) is 0 Å². The van der Waals surface area contributed by atoms with Gasteiger partial charge in [0.25, 0.3) is 0 Å². The number of carbonyl (C=O) groups is 1. The summed E-state index contributed by atoms with van der Waals surface area (Å²) in [5, 5.41) is 13.1. The largest absolute Gasteiger partial charge is 1.00 e. The Kier molecular flexibility index (Phi) is 8.55. The molecule has 2 aromatic rings. The monoisotopic (exact) mass is 704 g/mol. The van der Waals surface area contributed by atoms with Crippen LogP contribution in [0.25, 0.3) is 33.4 Å². The maximum Gasteiger partial charge on any atom is 1.00 e. The Morgan fingerprint density at radius 1 is 1.06 bits per heavy atom. The molecule has 2 aromatic carbocycles. The van der Waals surface area contributed by atoms with Gasteiger partial charge in [-0.15, -0.1) is 6.42 Å². The van der Waals surface area contributed by atoms with Crippen LogP contribution in [-0.2, 0) is 4.74 Å². The Bertz CT molecular complexity index is 1490. The fourth-order valence-corrected chi connectivity index (χ4v) is 5.74. The second-order valence-electron chi connectivity index (χ2n) is 6.56. The van der Waals surface area contributed by atoms with E-state index in [1.807, 2.05) is 0 Å². The van der Waals surface area contributed by atoms with Crippen molar-refractivity contribution in [2.24, 2.45) is 0 Å². The van der Waals surface area contributed by atoms with Gasteiger partial charge in [-0.1, -0.05) is 45.8 Å².